The Morgan fingerprint density at radius 1 is 1.24 bits per heavy atom. The summed E-state index contributed by atoms with van der Waals surface area (Å²) in [5, 5.41) is 2.41. The van der Waals surface area contributed by atoms with E-state index in [1.165, 1.54) is 42.5 Å². The van der Waals surface area contributed by atoms with Crippen molar-refractivity contribution in [1.82, 2.24) is 4.98 Å². The molecule has 1 saturated carbocycles. The summed E-state index contributed by atoms with van der Waals surface area (Å²) in [6.45, 7) is 1.53. The van der Waals surface area contributed by atoms with Crippen LogP contribution in [-0.2, 0) is 19.4 Å². The summed E-state index contributed by atoms with van der Waals surface area (Å²) in [6.07, 6.45) is 6.73. The number of hydrogen-bond donors (Lipinski definition) is 0. The summed E-state index contributed by atoms with van der Waals surface area (Å²) in [4.78, 5) is 31.7. The van der Waals surface area contributed by atoms with Crippen LogP contribution >= 0.6 is 11.3 Å². The quantitative estimate of drug-likeness (QED) is 0.644. The van der Waals surface area contributed by atoms with E-state index in [4.69, 9.17) is 4.74 Å². The van der Waals surface area contributed by atoms with Gasteiger partial charge in [0.25, 0.3) is 5.91 Å². The molecule has 9 heteroatoms. The van der Waals surface area contributed by atoms with E-state index in [2.05, 4.69) is 4.98 Å². The summed E-state index contributed by atoms with van der Waals surface area (Å²) in [7, 11) is -3.45. The standard InChI is InChI=1S/C20H24N2O5S2/c1-14(27-19(24)15-7-6-10-17(13-15)29(2,25)26)18(23)22(20-21-11-12-28-20)16-8-4-3-5-9-16/h6-7,10-14,16H,3-5,8-9H2,1-2H3/t14-/m0/s1. The lowest BCUT2D eigenvalue weighted by Gasteiger charge is -2.33. The highest BCUT2D eigenvalue weighted by atomic mass is 32.2. The van der Waals surface area contributed by atoms with Crippen molar-refractivity contribution < 1.29 is 22.7 Å². The second-order valence-corrected chi connectivity index (χ2v) is 10.1. The van der Waals surface area contributed by atoms with Crippen molar-refractivity contribution in [3.63, 3.8) is 0 Å². The number of sulfone groups is 1. The number of anilines is 1. The molecule has 2 aromatic rings. The highest BCUT2D eigenvalue weighted by Crippen LogP contribution is 2.29. The SMILES string of the molecule is C[C@H](OC(=O)c1cccc(S(C)(=O)=O)c1)C(=O)N(c1nccs1)C1CCCCC1. The highest BCUT2D eigenvalue weighted by molar-refractivity contribution is 7.90. The Morgan fingerprint density at radius 2 is 1.97 bits per heavy atom. The van der Waals surface area contributed by atoms with Crippen molar-refractivity contribution in [2.75, 3.05) is 11.2 Å². The topological polar surface area (TPSA) is 93.6 Å². The van der Waals surface area contributed by atoms with Crippen molar-refractivity contribution in [3.05, 3.63) is 41.4 Å². The van der Waals surface area contributed by atoms with Crippen LogP contribution in [0.15, 0.2) is 40.7 Å². The third kappa shape index (κ3) is 5.22. The fourth-order valence-corrected chi connectivity index (χ4v) is 4.82. The number of rotatable bonds is 6. The first-order valence-corrected chi connectivity index (χ1v) is 12.3. The third-order valence-electron chi connectivity index (χ3n) is 4.93. The third-order valence-corrected chi connectivity index (χ3v) is 6.81. The average Bonchev–Trinajstić information content (AvgIpc) is 3.22. The summed E-state index contributed by atoms with van der Waals surface area (Å²) < 4.78 is 28.8. The lowest BCUT2D eigenvalue weighted by Crippen LogP contribution is -2.47. The van der Waals surface area contributed by atoms with E-state index in [0.29, 0.717) is 5.13 Å². The molecule has 1 aromatic heterocycles. The number of ether oxygens (including phenoxy) is 1. The van der Waals surface area contributed by atoms with E-state index >= 15 is 0 Å². The van der Waals surface area contributed by atoms with Gasteiger partial charge in [-0.05, 0) is 38.0 Å². The molecular formula is C20H24N2O5S2. The zero-order valence-corrected chi connectivity index (χ0v) is 18.0. The molecule has 29 heavy (non-hydrogen) atoms. The molecule has 0 radical (unpaired) electrons. The number of aromatic nitrogens is 1. The minimum absolute atomic E-state index is 0.0255. The zero-order valence-electron chi connectivity index (χ0n) is 16.4. The highest BCUT2D eigenvalue weighted by Gasteiger charge is 2.33. The zero-order chi connectivity index (χ0) is 21.0. The Labute approximate surface area is 174 Å². The molecular weight excluding hydrogens is 412 g/mol. The number of hydrogen-bond acceptors (Lipinski definition) is 7. The summed E-state index contributed by atoms with van der Waals surface area (Å²) >= 11 is 1.38. The van der Waals surface area contributed by atoms with Gasteiger partial charge in [-0.3, -0.25) is 9.69 Å². The van der Waals surface area contributed by atoms with E-state index in [9.17, 15) is 18.0 Å². The van der Waals surface area contributed by atoms with E-state index in [1.54, 1.807) is 11.1 Å². The van der Waals surface area contributed by atoms with Gasteiger partial charge >= 0.3 is 5.97 Å². The van der Waals surface area contributed by atoms with Crippen molar-refractivity contribution >= 4 is 38.2 Å². The lowest BCUT2D eigenvalue weighted by atomic mass is 9.94. The fourth-order valence-electron chi connectivity index (χ4n) is 3.43. The number of carbonyl (C=O) groups excluding carboxylic acids is 2. The van der Waals surface area contributed by atoms with E-state index in [0.717, 1.165) is 38.4 Å². The minimum atomic E-state index is -3.45. The molecule has 0 saturated heterocycles. The van der Waals surface area contributed by atoms with Gasteiger partial charge in [0, 0.05) is 23.9 Å². The number of nitrogens with zero attached hydrogens (tertiary/aromatic N) is 2. The molecule has 3 rings (SSSR count). The number of thiazole rings is 1. The van der Waals surface area contributed by atoms with Crippen molar-refractivity contribution in [1.29, 1.82) is 0 Å². The van der Waals surface area contributed by atoms with Gasteiger partial charge in [-0.2, -0.15) is 0 Å². The second-order valence-electron chi connectivity index (χ2n) is 7.16. The van der Waals surface area contributed by atoms with Gasteiger partial charge in [0.15, 0.2) is 21.1 Å². The van der Waals surface area contributed by atoms with Crippen LogP contribution in [0.1, 0.15) is 49.4 Å². The monoisotopic (exact) mass is 436 g/mol. The predicted octanol–water partition coefficient (Wildman–Crippen LogP) is 3.46. The smallest absolute Gasteiger partial charge is 0.338 e. The average molecular weight is 437 g/mol. The van der Waals surface area contributed by atoms with Crippen LogP contribution in [0.3, 0.4) is 0 Å². The van der Waals surface area contributed by atoms with Crippen molar-refractivity contribution in [3.8, 4) is 0 Å². The van der Waals surface area contributed by atoms with Gasteiger partial charge in [-0.25, -0.2) is 18.2 Å². The number of esters is 1. The van der Waals surface area contributed by atoms with Gasteiger partial charge in [0.2, 0.25) is 0 Å². The molecule has 1 atom stereocenters. The van der Waals surface area contributed by atoms with E-state index in [1.807, 2.05) is 5.38 Å². The number of carbonyl (C=O) groups is 2. The van der Waals surface area contributed by atoms with Crippen molar-refractivity contribution in [2.24, 2.45) is 0 Å². The maximum Gasteiger partial charge on any atom is 0.338 e. The Kier molecular flexibility index (Phi) is 6.69. The van der Waals surface area contributed by atoms with Gasteiger partial charge in [0.1, 0.15) is 0 Å². The second kappa shape index (κ2) is 9.04. The Balaban J connectivity index is 1.76. The van der Waals surface area contributed by atoms with Crippen LogP contribution in [0.2, 0.25) is 0 Å². The van der Waals surface area contributed by atoms with Crippen LogP contribution < -0.4 is 4.90 Å². The Bertz CT molecular complexity index is 967. The molecule has 1 heterocycles. The van der Waals surface area contributed by atoms with Gasteiger partial charge in [-0.15, -0.1) is 11.3 Å². The molecule has 7 nitrogen and oxygen atoms in total. The number of benzene rings is 1. The molecule has 0 N–H and O–H groups in total. The van der Waals surface area contributed by atoms with Crippen molar-refractivity contribution in [2.45, 2.75) is 56.1 Å². The molecule has 1 aliphatic carbocycles. The first-order chi connectivity index (χ1) is 13.8. The van der Waals surface area contributed by atoms with E-state index in [-0.39, 0.29) is 22.4 Å². The first-order valence-electron chi connectivity index (χ1n) is 9.51. The van der Waals surface area contributed by atoms with Gasteiger partial charge in [-0.1, -0.05) is 25.3 Å². The molecule has 1 amide bonds. The molecule has 0 bridgehead atoms. The maximum atomic E-state index is 13.2. The molecule has 1 aromatic carbocycles. The number of amides is 1. The van der Waals surface area contributed by atoms with E-state index < -0.39 is 21.9 Å². The summed E-state index contributed by atoms with van der Waals surface area (Å²) in [6, 6.07) is 5.65. The summed E-state index contributed by atoms with van der Waals surface area (Å²) in [5.74, 6) is -1.06. The largest absolute Gasteiger partial charge is 0.449 e. The molecule has 156 valence electrons. The molecule has 0 spiro atoms. The van der Waals surface area contributed by atoms with Crippen LogP contribution in [-0.4, -0.2) is 43.7 Å². The Hall–Kier alpha value is -2.26. The molecule has 1 fully saturated rings. The summed E-state index contributed by atoms with van der Waals surface area (Å²) in [5.41, 5.74) is 0.0889. The normalized spacial score (nSPS) is 16.2. The fraction of sp³-hybridized carbons (Fsp3) is 0.450. The van der Waals surface area contributed by atoms with Gasteiger partial charge < -0.3 is 4.74 Å². The minimum Gasteiger partial charge on any atom is -0.449 e. The van der Waals surface area contributed by atoms with Crippen LogP contribution in [0.5, 0.6) is 0 Å². The lowest BCUT2D eigenvalue weighted by molar-refractivity contribution is -0.127. The van der Waals surface area contributed by atoms with Gasteiger partial charge in [0.05, 0.1) is 10.5 Å². The molecule has 0 unspecified atom stereocenters. The molecule has 1 aliphatic rings. The van der Waals surface area contributed by atoms with Crippen LogP contribution in [0.25, 0.3) is 0 Å². The van der Waals surface area contributed by atoms with Crippen LogP contribution in [0, 0.1) is 0 Å². The Morgan fingerprint density at radius 3 is 2.59 bits per heavy atom. The molecule has 0 aliphatic heterocycles. The maximum absolute atomic E-state index is 13.2. The van der Waals surface area contributed by atoms with Crippen LogP contribution in [0.4, 0.5) is 5.13 Å². The predicted molar refractivity (Wildman–Crippen MR) is 111 cm³/mol. The first kappa shape index (κ1) is 21.4.